The van der Waals surface area contributed by atoms with Crippen LogP contribution in [0.1, 0.15) is 42.4 Å². The first-order valence-corrected chi connectivity index (χ1v) is 7.43. The van der Waals surface area contributed by atoms with E-state index < -0.39 is 0 Å². The van der Waals surface area contributed by atoms with Crippen LogP contribution in [0.15, 0.2) is 18.5 Å². The molecule has 22 heavy (non-hydrogen) atoms. The minimum atomic E-state index is -0.126. The molecular formula is C16H23N5O. The minimum absolute atomic E-state index is 0.0784. The first kappa shape index (κ1) is 16.0. The van der Waals surface area contributed by atoms with Gasteiger partial charge in [-0.15, -0.1) is 0 Å². The highest BCUT2D eigenvalue weighted by atomic mass is 16.1. The maximum absolute atomic E-state index is 12.1. The lowest BCUT2D eigenvalue weighted by molar-refractivity contribution is -0.117. The summed E-state index contributed by atoms with van der Waals surface area (Å²) in [6, 6.07) is -0.0784. The summed E-state index contributed by atoms with van der Waals surface area (Å²) in [5.41, 5.74) is 4.10. The summed E-state index contributed by atoms with van der Waals surface area (Å²) in [6.07, 6.45) is 6.91. The Morgan fingerprint density at radius 3 is 2.59 bits per heavy atom. The van der Waals surface area contributed by atoms with Gasteiger partial charge in [-0.2, -0.15) is 10.2 Å². The second-order valence-electron chi connectivity index (χ2n) is 5.37. The van der Waals surface area contributed by atoms with E-state index in [1.165, 1.54) is 0 Å². The molecule has 1 atom stereocenters. The molecule has 0 saturated heterocycles. The topological polar surface area (TPSA) is 64.7 Å². The molecule has 0 bridgehead atoms. The average Bonchev–Trinajstić information content (AvgIpc) is 3.00. The van der Waals surface area contributed by atoms with Crippen molar-refractivity contribution in [3.63, 3.8) is 0 Å². The molecule has 0 aliphatic rings. The van der Waals surface area contributed by atoms with E-state index in [9.17, 15) is 4.79 Å². The van der Waals surface area contributed by atoms with Crippen LogP contribution >= 0.6 is 0 Å². The summed E-state index contributed by atoms with van der Waals surface area (Å²) >= 11 is 0. The number of hydrogen-bond acceptors (Lipinski definition) is 3. The lowest BCUT2D eigenvalue weighted by Gasteiger charge is -2.12. The van der Waals surface area contributed by atoms with E-state index in [2.05, 4.69) is 15.5 Å². The maximum atomic E-state index is 12.1. The van der Waals surface area contributed by atoms with Crippen LogP contribution in [0.25, 0.3) is 6.08 Å². The Morgan fingerprint density at radius 1 is 1.32 bits per heavy atom. The van der Waals surface area contributed by atoms with Gasteiger partial charge in [-0.05, 0) is 33.8 Å². The molecule has 2 aromatic rings. The van der Waals surface area contributed by atoms with Crippen LogP contribution in [-0.4, -0.2) is 25.5 Å². The van der Waals surface area contributed by atoms with E-state index in [0.717, 1.165) is 29.1 Å². The van der Waals surface area contributed by atoms with Crippen molar-refractivity contribution in [3.8, 4) is 0 Å². The maximum Gasteiger partial charge on any atom is 0.244 e. The molecule has 118 valence electrons. The van der Waals surface area contributed by atoms with Crippen LogP contribution in [-0.2, 0) is 18.4 Å². The number of hydrogen-bond donors (Lipinski definition) is 1. The number of carbonyl (C=O) groups is 1. The first-order valence-electron chi connectivity index (χ1n) is 7.43. The van der Waals surface area contributed by atoms with Gasteiger partial charge in [0.05, 0.1) is 18.4 Å². The molecule has 0 saturated carbocycles. The van der Waals surface area contributed by atoms with Gasteiger partial charge in [0, 0.05) is 42.2 Å². The number of aryl methyl sites for hydroxylation is 2. The molecule has 2 rings (SSSR count). The van der Waals surface area contributed by atoms with Crippen LogP contribution in [0.3, 0.4) is 0 Å². The molecule has 1 amide bonds. The lowest BCUT2D eigenvalue weighted by Crippen LogP contribution is -2.25. The average molecular weight is 301 g/mol. The monoisotopic (exact) mass is 301 g/mol. The van der Waals surface area contributed by atoms with Crippen LogP contribution in [0, 0.1) is 13.8 Å². The van der Waals surface area contributed by atoms with Gasteiger partial charge in [0.1, 0.15) is 0 Å². The molecule has 0 aliphatic carbocycles. The minimum Gasteiger partial charge on any atom is -0.346 e. The molecule has 0 spiro atoms. The normalized spacial score (nSPS) is 12.8. The highest BCUT2D eigenvalue weighted by Gasteiger charge is 2.13. The Bertz CT molecular complexity index is 695. The third kappa shape index (κ3) is 3.27. The Morgan fingerprint density at radius 2 is 2.05 bits per heavy atom. The molecule has 1 N–H and O–H groups in total. The highest BCUT2D eigenvalue weighted by molar-refractivity contribution is 5.92. The van der Waals surface area contributed by atoms with Crippen LogP contribution in [0.2, 0.25) is 0 Å². The van der Waals surface area contributed by atoms with E-state index in [1.807, 2.05) is 39.4 Å². The quantitative estimate of drug-likeness (QED) is 0.861. The van der Waals surface area contributed by atoms with E-state index in [0.29, 0.717) is 0 Å². The van der Waals surface area contributed by atoms with Gasteiger partial charge in [0.15, 0.2) is 0 Å². The molecular weight excluding hydrogens is 278 g/mol. The molecule has 2 aromatic heterocycles. The fourth-order valence-electron chi connectivity index (χ4n) is 2.39. The van der Waals surface area contributed by atoms with Gasteiger partial charge in [0.25, 0.3) is 0 Å². The number of rotatable bonds is 5. The van der Waals surface area contributed by atoms with Gasteiger partial charge in [-0.1, -0.05) is 0 Å². The van der Waals surface area contributed by atoms with E-state index >= 15 is 0 Å². The summed E-state index contributed by atoms with van der Waals surface area (Å²) in [5, 5.41) is 11.4. The fourth-order valence-corrected chi connectivity index (χ4v) is 2.39. The number of carbonyl (C=O) groups excluding carboxylic acids is 1. The fraction of sp³-hybridized carbons (Fsp3) is 0.438. The second-order valence-corrected chi connectivity index (χ2v) is 5.37. The molecule has 6 heteroatoms. The zero-order valence-electron chi connectivity index (χ0n) is 13.8. The lowest BCUT2D eigenvalue weighted by atomic mass is 10.1. The van der Waals surface area contributed by atoms with Crippen molar-refractivity contribution in [2.24, 2.45) is 7.05 Å². The summed E-state index contributed by atoms with van der Waals surface area (Å²) in [6.45, 7) is 8.80. The molecule has 1 unspecified atom stereocenters. The number of nitrogens with one attached hydrogen (secondary N) is 1. The zero-order chi connectivity index (χ0) is 16.3. The van der Waals surface area contributed by atoms with Crippen molar-refractivity contribution in [1.82, 2.24) is 24.9 Å². The van der Waals surface area contributed by atoms with Crippen LogP contribution in [0.4, 0.5) is 0 Å². The third-order valence-electron chi connectivity index (χ3n) is 3.95. The van der Waals surface area contributed by atoms with Crippen molar-refractivity contribution < 1.29 is 4.79 Å². The van der Waals surface area contributed by atoms with Crippen molar-refractivity contribution in [2.45, 2.75) is 40.3 Å². The van der Waals surface area contributed by atoms with Crippen molar-refractivity contribution in [1.29, 1.82) is 0 Å². The van der Waals surface area contributed by atoms with E-state index in [1.54, 1.807) is 29.2 Å². The standard InChI is InChI=1S/C16H23N5O/c1-6-21-12(3)14(9-18-21)7-8-16(22)19-11(2)15-10-17-20(5)13(15)4/h7-11H,6H2,1-5H3,(H,19,22)/b8-7+. The van der Waals surface area contributed by atoms with Crippen molar-refractivity contribution >= 4 is 12.0 Å². The Hall–Kier alpha value is -2.37. The molecule has 0 aliphatic heterocycles. The summed E-state index contributed by atoms with van der Waals surface area (Å²) in [4.78, 5) is 12.1. The van der Waals surface area contributed by atoms with Crippen molar-refractivity contribution in [2.75, 3.05) is 0 Å². The molecule has 0 fully saturated rings. The summed E-state index contributed by atoms with van der Waals surface area (Å²) in [5.74, 6) is -0.126. The Balaban J connectivity index is 2.02. The zero-order valence-corrected chi connectivity index (χ0v) is 13.8. The number of aromatic nitrogens is 4. The van der Waals surface area contributed by atoms with Gasteiger partial charge in [-0.3, -0.25) is 14.2 Å². The molecule has 0 aromatic carbocycles. The van der Waals surface area contributed by atoms with Crippen LogP contribution in [0.5, 0.6) is 0 Å². The van der Waals surface area contributed by atoms with Gasteiger partial charge in [-0.25, -0.2) is 0 Å². The number of nitrogens with zero attached hydrogens (tertiary/aromatic N) is 4. The SMILES string of the molecule is CCn1ncc(/C=C/C(=O)NC(C)c2cnn(C)c2C)c1C. The Kier molecular flexibility index (Phi) is 4.80. The largest absolute Gasteiger partial charge is 0.346 e. The van der Waals surface area contributed by atoms with Gasteiger partial charge < -0.3 is 5.32 Å². The Labute approximate surface area is 130 Å². The second kappa shape index (κ2) is 6.60. The summed E-state index contributed by atoms with van der Waals surface area (Å²) in [7, 11) is 1.89. The molecule has 6 nitrogen and oxygen atoms in total. The molecule has 2 heterocycles. The first-order chi connectivity index (χ1) is 10.4. The summed E-state index contributed by atoms with van der Waals surface area (Å²) < 4.78 is 3.70. The van der Waals surface area contributed by atoms with Gasteiger partial charge >= 0.3 is 0 Å². The molecule has 0 radical (unpaired) electrons. The van der Waals surface area contributed by atoms with E-state index in [-0.39, 0.29) is 11.9 Å². The predicted molar refractivity (Wildman–Crippen MR) is 86.2 cm³/mol. The predicted octanol–water partition coefficient (Wildman–Crippen LogP) is 2.14. The highest BCUT2D eigenvalue weighted by Crippen LogP contribution is 2.16. The van der Waals surface area contributed by atoms with E-state index in [4.69, 9.17) is 0 Å². The number of amides is 1. The van der Waals surface area contributed by atoms with Crippen molar-refractivity contribution in [3.05, 3.63) is 41.0 Å². The van der Waals surface area contributed by atoms with Crippen LogP contribution < -0.4 is 5.32 Å². The van der Waals surface area contributed by atoms with Gasteiger partial charge in [0.2, 0.25) is 5.91 Å². The smallest absolute Gasteiger partial charge is 0.244 e. The third-order valence-corrected chi connectivity index (χ3v) is 3.95.